The molecule has 2 rings (SSSR count). The van der Waals surface area contributed by atoms with E-state index in [9.17, 15) is 4.79 Å². The molecule has 2 aromatic rings. The van der Waals surface area contributed by atoms with Crippen LogP contribution in [0.25, 0.3) is 0 Å². The molecule has 1 aromatic carbocycles. The van der Waals surface area contributed by atoms with Crippen LogP contribution < -0.4 is 5.32 Å². The summed E-state index contributed by atoms with van der Waals surface area (Å²) in [6.45, 7) is 3.74. The predicted octanol–water partition coefficient (Wildman–Crippen LogP) is 2.90. The number of carbonyl (C=O) groups is 1. The van der Waals surface area contributed by atoms with Gasteiger partial charge in [-0.05, 0) is 31.5 Å². The fourth-order valence-corrected chi connectivity index (χ4v) is 2.48. The first-order valence-electron chi connectivity index (χ1n) is 6.05. The smallest absolute Gasteiger partial charge is 0.237 e. The van der Waals surface area contributed by atoms with E-state index in [1.54, 1.807) is 17.0 Å². The maximum Gasteiger partial charge on any atom is 0.237 e. The Hall–Kier alpha value is -1.53. The van der Waals surface area contributed by atoms with Gasteiger partial charge < -0.3 is 9.88 Å². The molecule has 7 heteroatoms. The normalized spacial score (nSPS) is 12.2. The number of hydrogen-bond acceptors (Lipinski definition) is 4. The highest BCUT2D eigenvalue weighted by Crippen LogP contribution is 2.23. The summed E-state index contributed by atoms with van der Waals surface area (Å²) in [5.74, 6) is -0.0991. The Balaban J connectivity index is 2.00. The Morgan fingerprint density at radius 1 is 1.50 bits per heavy atom. The largest absolute Gasteiger partial charge is 0.325 e. The lowest BCUT2D eigenvalue weighted by atomic mass is 10.2. The molecule has 0 fully saturated rings. The summed E-state index contributed by atoms with van der Waals surface area (Å²) in [4.78, 5) is 12.1. The highest BCUT2D eigenvalue weighted by atomic mass is 35.5. The summed E-state index contributed by atoms with van der Waals surface area (Å²) in [6, 6.07) is 5.45. The van der Waals surface area contributed by atoms with E-state index < -0.39 is 0 Å². The van der Waals surface area contributed by atoms with Gasteiger partial charge in [-0.2, -0.15) is 0 Å². The van der Waals surface area contributed by atoms with Crippen LogP contribution in [0.3, 0.4) is 0 Å². The SMILES string of the molecule is Cc1ccc(NC(=O)C(C)Sc2nncn2C)cc1Cl. The van der Waals surface area contributed by atoms with Crippen molar-refractivity contribution in [2.75, 3.05) is 5.32 Å². The molecule has 0 aliphatic carbocycles. The van der Waals surface area contributed by atoms with Crippen molar-refractivity contribution in [3.05, 3.63) is 35.1 Å². The van der Waals surface area contributed by atoms with E-state index in [1.807, 2.05) is 33.0 Å². The van der Waals surface area contributed by atoms with Crippen LogP contribution in [-0.4, -0.2) is 25.9 Å². The van der Waals surface area contributed by atoms with Crippen molar-refractivity contribution < 1.29 is 4.79 Å². The predicted molar refractivity (Wildman–Crippen MR) is 81.1 cm³/mol. The van der Waals surface area contributed by atoms with Gasteiger partial charge in [-0.25, -0.2) is 0 Å². The van der Waals surface area contributed by atoms with E-state index in [2.05, 4.69) is 15.5 Å². The summed E-state index contributed by atoms with van der Waals surface area (Å²) >= 11 is 7.39. The molecule has 0 radical (unpaired) electrons. The molecule has 1 aromatic heterocycles. The standard InChI is InChI=1S/C13H15ClN4OS/c1-8-4-5-10(6-11(8)14)16-12(19)9(2)20-13-17-15-7-18(13)3/h4-7,9H,1-3H3,(H,16,19). The van der Waals surface area contributed by atoms with Crippen LogP contribution >= 0.6 is 23.4 Å². The van der Waals surface area contributed by atoms with Crippen molar-refractivity contribution in [2.24, 2.45) is 7.05 Å². The van der Waals surface area contributed by atoms with Gasteiger partial charge >= 0.3 is 0 Å². The van der Waals surface area contributed by atoms with E-state index in [-0.39, 0.29) is 11.2 Å². The minimum absolute atomic E-state index is 0.0991. The quantitative estimate of drug-likeness (QED) is 0.882. The third kappa shape index (κ3) is 3.52. The number of aromatic nitrogens is 3. The minimum atomic E-state index is -0.280. The highest BCUT2D eigenvalue weighted by molar-refractivity contribution is 8.00. The fraction of sp³-hybridized carbons (Fsp3) is 0.308. The number of nitrogens with one attached hydrogen (secondary N) is 1. The molecule has 1 N–H and O–H groups in total. The molecule has 1 amide bonds. The number of hydrogen-bond donors (Lipinski definition) is 1. The Morgan fingerprint density at radius 2 is 2.25 bits per heavy atom. The monoisotopic (exact) mass is 310 g/mol. The van der Waals surface area contributed by atoms with E-state index in [1.165, 1.54) is 11.8 Å². The zero-order chi connectivity index (χ0) is 14.7. The third-order valence-corrected chi connectivity index (χ3v) is 4.32. The summed E-state index contributed by atoms with van der Waals surface area (Å²) in [5, 5.41) is 11.6. The van der Waals surface area contributed by atoms with Crippen LogP contribution in [-0.2, 0) is 11.8 Å². The number of amides is 1. The van der Waals surface area contributed by atoms with Crippen LogP contribution in [0.15, 0.2) is 29.7 Å². The van der Waals surface area contributed by atoms with Crippen molar-refractivity contribution >= 4 is 35.0 Å². The molecule has 1 atom stereocenters. The zero-order valence-electron chi connectivity index (χ0n) is 11.4. The number of anilines is 1. The Bertz CT molecular complexity index is 629. The van der Waals surface area contributed by atoms with Crippen LogP contribution in [0.4, 0.5) is 5.69 Å². The van der Waals surface area contributed by atoms with E-state index in [4.69, 9.17) is 11.6 Å². The first kappa shape index (κ1) is 14.9. The second kappa shape index (κ2) is 6.28. The Morgan fingerprint density at radius 3 is 2.85 bits per heavy atom. The van der Waals surface area contributed by atoms with Crippen LogP contribution in [0.2, 0.25) is 5.02 Å². The molecule has 0 saturated carbocycles. The third-order valence-electron chi connectivity index (χ3n) is 2.76. The molecule has 0 aliphatic heterocycles. The van der Waals surface area contributed by atoms with Gasteiger partial charge in [0.2, 0.25) is 5.91 Å². The average molecular weight is 311 g/mol. The lowest BCUT2D eigenvalue weighted by Crippen LogP contribution is -2.22. The number of thioether (sulfide) groups is 1. The molecule has 0 bridgehead atoms. The summed E-state index contributed by atoms with van der Waals surface area (Å²) < 4.78 is 1.77. The van der Waals surface area contributed by atoms with Crippen molar-refractivity contribution in [3.63, 3.8) is 0 Å². The van der Waals surface area contributed by atoms with Gasteiger partial charge in [0, 0.05) is 17.8 Å². The van der Waals surface area contributed by atoms with Gasteiger partial charge in [0.1, 0.15) is 6.33 Å². The second-order valence-corrected chi connectivity index (χ2v) is 6.15. The number of halogens is 1. The van der Waals surface area contributed by atoms with Crippen LogP contribution in [0.5, 0.6) is 0 Å². The molecule has 0 aliphatic rings. The number of benzene rings is 1. The zero-order valence-corrected chi connectivity index (χ0v) is 13.0. The molecular formula is C13H15ClN4OS. The molecule has 106 valence electrons. The topological polar surface area (TPSA) is 59.8 Å². The van der Waals surface area contributed by atoms with Gasteiger partial charge in [-0.1, -0.05) is 29.4 Å². The summed E-state index contributed by atoms with van der Waals surface area (Å²) in [5.41, 5.74) is 1.67. The second-order valence-electron chi connectivity index (χ2n) is 4.44. The Kier molecular flexibility index (Phi) is 4.67. The molecule has 1 unspecified atom stereocenters. The van der Waals surface area contributed by atoms with Gasteiger partial charge in [-0.3, -0.25) is 4.79 Å². The van der Waals surface area contributed by atoms with Crippen molar-refractivity contribution in [2.45, 2.75) is 24.3 Å². The molecule has 0 saturated heterocycles. The van der Waals surface area contributed by atoms with E-state index in [0.717, 1.165) is 5.56 Å². The molecule has 0 spiro atoms. The molecule has 20 heavy (non-hydrogen) atoms. The van der Waals surface area contributed by atoms with Crippen LogP contribution in [0.1, 0.15) is 12.5 Å². The first-order chi connectivity index (χ1) is 9.47. The maximum atomic E-state index is 12.1. The van der Waals surface area contributed by atoms with E-state index in [0.29, 0.717) is 15.9 Å². The first-order valence-corrected chi connectivity index (χ1v) is 7.31. The lowest BCUT2D eigenvalue weighted by molar-refractivity contribution is -0.115. The Labute approximate surface area is 126 Å². The van der Waals surface area contributed by atoms with Crippen molar-refractivity contribution in [1.29, 1.82) is 0 Å². The number of aryl methyl sites for hydroxylation is 2. The number of nitrogens with zero attached hydrogens (tertiary/aromatic N) is 3. The number of carbonyl (C=O) groups excluding carboxylic acids is 1. The summed E-state index contributed by atoms with van der Waals surface area (Å²) in [6.07, 6.45) is 1.60. The van der Waals surface area contributed by atoms with E-state index >= 15 is 0 Å². The highest BCUT2D eigenvalue weighted by Gasteiger charge is 2.17. The van der Waals surface area contributed by atoms with Gasteiger partial charge in [0.05, 0.1) is 5.25 Å². The lowest BCUT2D eigenvalue weighted by Gasteiger charge is -2.12. The number of rotatable bonds is 4. The fourth-order valence-electron chi connectivity index (χ4n) is 1.51. The van der Waals surface area contributed by atoms with Gasteiger partial charge in [0.15, 0.2) is 5.16 Å². The van der Waals surface area contributed by atoms with Gasteiger partial charge in [0.25, 0.3) is 0 Å². The molecule has 5 nitrogen and oxygen atoms in total. The van der Waals surface area contributed by atoms with Crippen LogP contribution in [0, 0.1) is 6.92 Å². The summed E-state index contributed by atoms with van der Waals surface area (Å²) in [7, 11) is 1.84. The van der Waals surface area contributed by atoms with Crippen molar-refractivity contribution in [3.8, 4) is 0 Å². The minimum Gasteiger partial charge on any atom is -0.325 e. The van der Waals surface area contributed by atoms with Gasteiger partial charge in [-0.15, -0.1) is 10.2 Å². The molecular weight excluding hydrogens is 296 g/mol. The molecule has 1 heterocycles. The maximum absolute atomic E-state index is 12.1. The van der Waals surface area contributed by atoms with Crippen molar-refractivity contribution in [1.82, 2.24) is 14.8 Å². The average Bonchev–Trinajstić information content (AvgIpc) is 2.79.